The van der Waals surface area contributed by atoms with Gasteiger partial charge in [0, 0.05) is 35.6 Å². The Labute approximate surface area is 222 Å². The number of carboxylic acids is 1. The zero-order chi connectivity index (χ0) is 26.7. The standard InChI is InChI=1S/C31H31N3O4/c1-2-16-38-29-13-8-23(18-26(31(36)37)17-22-6-4-3-5-7-22)19-27(29)20-34-30(35)25-11-9-24(10-12-25)28-21-32-14-15-33-28/h3-15,19,21,26H,2,16-18,20H2,1H3,(H,34,35)(H,36,37)/t26-/m1/s1. The molecule has 0 aliphatic heterocycles. The van der Waals surface area contributed by atoms with Gasteiger partial charge in [-0.15, -0.1) is 0 Å². The van der Waals surface area contributed by atoms with Crippen LogP contribution >= 0.6 is 0 Å². The number of hydrogen-bond donors (Lipinski definition) is 2. The Morgan fingerprint density at radius 1 is 0.947 bits per heavy atom. The average molecular weight is 510 g/mol. The fourth-order valence-electron chi connectivity index (χ4n) is 4.20. The highest BCUT2D eigenvalue weighted by Crippen LogP contribution is 2.24. The molecule has 2 N–H and O–H groups in total. The Bertz CT molecular complexity index is 1340. The van der Waals surface area contributed by atoms with E-state index >= 15 is 0 Å². The van der Waals surface area contributed by atoms with Crippen LogP contribution in [0.1, 0.15) is 40.4 Å². The number of nitrogens with zero attached hydrogens (tertiary/aromatic N) is 2. The van der Waals surface area contributed by atoms with Crippen molar-refractivity contribution < 1.29 is 19.4 Å². The van der Waals surface area contributed by atoms with Gasteiger partial charge in [0.1, 0.15) is 5.75 Å². The molecule has 194 valence electrons. The van der Waals surface area contributed by atoms with Crippen LogP contribution in [-0.2, 0) is 24.2 Å². The van der Waals surface area contributed by atoms with E-state index in [0.717, 1.165) is 34.4 Å². The lowest BCUT2D eigenvalue weighted by Crippen LogP contribution is -2.23. The highest BCUT2D eigenvalue weighted by Gasteiger charge is 2.20. The second-order valence-corrected chi connectivity index (χ2v) is 9.07. The number of amides is 1. The molecule has 4 aromatic rings. The minimum absolute atomic E-state index is 0.213. The summed E-state index contributed by atoms with van der Waals surface area (Å²) in [4.78, 5) is 33.3. The van der Waals surface area contributed by atoms with E-state index in [4.69, 9.17) is 4.74 Å². The lowest BCUT2D eigenvalue weighted by molar-refractivity contribution is -0.141. The van der Waals surface area contributed by atoms with Crippen molar-refractivity contribution in [1.82, 2.24) is 15.3 Å². The third kappa shape index (κ3) is 7.26. The summed E-state index contributed by atoms with van der Waals surface area (Å²) in [6, 6.07) is 22.5. The molecule has 3 aromatic carbocycles. The second kappa shape index (κ2) is 13.1. The van der Waals surface area contributed by atoms with Crippen molar-refractivity contribution in [1.29, 1.82) is 0 Å². The lowest BCUT2D eigenvalue weighted by atomic mass is 9.92. The van der Waals surface area contributed by atoms with E-state index in [-0.39, 0.29) is 12.5 Å². The molecule has 0 aliphatic carbocycles. The minimum atomic E-state index is -0.833. The summed E-state index contributed by atoms with van der Waals surface area (Å²) in [5, 5.41) is 12.8. The van der Waals surface area contributed by atoms with Crippen LogP contribution in [0.5, 0.6) is 5.75 Å². The van der Waals surface area contributed by atoms with Crippen LogP contribution < -0.4 is 10.1 Å². The molecule has 1 amide bonds. The van der Waals surface area contributed by atoms with Gasteiger partial charge < -0.3 is 15.2 Å². The van der Waals surface area contributed by atoms with Crippen LogP contribution in [0.15, 0.2) is 91.4 Å². The molecule has 0 fully saturated rings. The summed E-state index contributed by atoms with van der Waals surface area (Å²) in [5.74, 6) is -0.922. The molecular weight excluding hydrogens is 478 g/mol. The Hall–Kier alpha value is -4.52. The van der Waals surface area contributed by atoms with Gasteiger partial charge in [0.05, 0.1) is 24.4 Å². The van der Waals surface area contributed by atoms with Gasteiger partial charge in [0.2, 0.25) is 0 Å². The number of aliphatic carboxylic acids is 1. The summed E-state index contributed by atoms with van der Waals surface area (Å²) in [7, 11) is 0. The van der Waals surface area contributed by atoms with Crippen molar-refractivity contribution in [3.8, 4) is 17.0 Å². The predicted octanol–water partition coefficient (Wildman–Crippen LogP) is 5.35. The summed E-state index contributed by atoms with van der Waals surface area (Å²) >= 11 is 0. The molecule has 0 radical (unpaired) electrons. The van der Waals surface area contributed by atoms with Crippen LogP contribution in [0.25, 0.3) is 11.3 Å². The van der Waals surface area contributed by atoms with Crippen molar-refractivity contribution in [3.63, 3.8) is 0 Å². The van der Waals surface area contributed by atoms with E-state index in [1.807, 2.05) is 67.6 Å². The van der Waals surface area contributed by atoms with Gasteiger partial charge in [-0.2, -0.15) is 0 Å². The molecule has 1 heterocycles. The molecule has 0 unspecified atom stereocenters. The van der Waals surface area contributed by atoms with Gasteiger partial charge in [-0.1, -0.05) is 61.5 Å². The summed E-state index contributed by atoms with van der Waals surface area (Å²) < 4.78 is 5.91. The van der Waals surface area contributed by atoms with Crippen molar-refractivity contribution in [2.24, 2.45) is 5.92 Å². The van der Waals surface area contributed by atoms with Crippen LogP contribution in [0.3, 0.4) is 0 Å². The first-order chi connectivity index (χ1) is 18.5. The average Bonchev–Trinajstić information content (AvgIpc) is 2.96. The smallest absolute Gasteiger partial charge is 0.307 e. The number of nitrogens with one attached hydrogen (secondary N) is 1. The van der Waals surface area contributed by atoms with Gasteiger partial charge in [0.15, 0.2) is 0 Å². The Balaban J connectivity index is 1.46. The SMILES string of the molecule is CCCOc1ccc(C[C@@H](Cc2ccccc2)C(=O)O)cc1CNC(=O)c1ccc(-c2cnccn2)cc1. The topological polar surface area (TPSA) is 101 Å². The highest BCUT2D eigenvalue weighted by molar-refractivity contribution is 5.94. The summed E-state index contributed by atoms with van der Waals surface area (Å²) in [6.07, 6.45) is 6.59. The van der Waals surface area contributed by atoms with E-state index in [2.05, 4.69) is 15.3 Å². The normalized spacial score (nSPS) is 11.5. The molecular formula is C31H31N3O4. The quantitative estimate of drug-likeness (QED) is 0.267. The Morgan fingerprint density at radius 2 is 1.71 bits per heavy atom. The van der Waals surface area contributed by atoms with E-state index in [0.29, 0.717) is 30.8 Å². The molecule has 0 bridgehead atoms. The largest absolute Gasteiger partial charge is 0.493 e. The van der Waals surface area contributed by atoms with Gasteiger partial charge in [-0.05, 0) is 48.6 Å². The molecule has 0 spiro atoms. The number of aromatic nitrogens is 2. The first-order valence-corrected chi connectivity index (χ1v) is 12.7. The van der Waals surface area contributed by atoms with E-state index in [1.165, 1.54) is 0 Å². The summed E-state index contributed by atoms with van der Waals surface area (Å²) in [6.45, 7) is 2.84. The maximum absolute atomic E-state index is 12.9. The van der Waals surface area contributed by atoms with Crippen LogP contribution in [0.4, 0.5) is 0 Å². The maximum atomic E-state index is 12.9. The number of rotatable bonds is 12. The van der Waals surface area contributed by atoms with E-state index in [9.17, 15) is 14.7 Å². The third-order valence-electron chi connectivity index (χ3n) is 6.19. The Kier molecular flexibility index (Phi) is 9.18. The molecule has 4 rings (SSSR count). The molecule has 0 saturated heterocycles. The van der Waals surface area contributed by atoms with Gasteiger partial charge in [-0.25, -0.2) is 0 Å². The van der Waals surface area contributed by atoms with Gasteiger partial charge in [0.25, 0.3) is 5.91 Å². The number of carboxylic acid groups (broad SMARTS) is 1. The van der Waals surface area contributed by atoms with Crippen molar-refractivity contribution >= 4 is 11.9 Å². The number of ether oxygens (including phenoxy) is 1. The zero-order valence-corrected chi connectivity index (χ0v) is 21.3. The van der Waals surface area contributed by atoms with Crippen molar-refractivity contribution in [2.45, 2.75) is 32.7 Å². The summed E-state index contributed by atoms with van der Waals surface area (Å²) in [5.41, 5.74) is 4.82. The van der Waals surface area contributed by atoms with Gasteiger partial charge >= 0.3 is 5.97 Å². The minimum Gasteiger partial charge on any atom is -0.493 e. The van der Waals surface area contributed by atoms with E-state index < -0.39 is 11.9 Å². The number of hydrogen-bond acceptors (Lipinski definition) is 5. The van der Waals surface area contributed by atoms with Gasteiger partial charge in [-0.3, -0.25) is 19.6 Å². The number of carbonyl (C=O) groups is 2. The molecule has 7 nitrogen and oxygen atoms in total. The number of benzene rings is 3. The third-order valence-corrected chi connectivity index (χ3v) is 6.19. The molecule has 0 saturated carbocycles. The second-order valence-electron chi connectivity index (χ2n) is 9.07. The van der Waals surface area contributed by atoms with Crippen molar-refractivity contribution in [2.75, 3.05) is 6.61 Å². The lowest BCUT2D eigenvalue weighted by Gasteiger charge is -2.16. The fraction of sp³-hybridized carbons (Fsp3) is 0.226. The first kappa shape index (κ1) is 26.5. The zero-order valence-electron chi connectivity index (χ0n) is 21.3. The maximum Gasteiger partial charge on any atom is 0.307 e. The molecule has 1 atom stereocenters. The molecule has 0 aliphatic rings. The van der Waals surface area contributed by atoms with Crippen LogP contribution in [0, 0.1) is 5.92 Å². The first-order valence-electron chi connectivity index (χ1n) is 12.7. The van der Waals surface area contributed by atoms with Crippen LogP contribution in [0.2, 0.25) is 0 Å². The number of carbonyl (C=O) groups excluding carboxylic acids is 1. The molecule has 38 heavy (non-hydrogen) atoms. The monoisotopic (exact) mass is 509 g/mol. The fourth-order valence-corrected chi connectivity index (χ4v) is 4.20. The predicted molar refractivity (Wildman–Crippen MR) is 146 cm³/mol. The molecule has 7 heteroatoms. The molecule has 1 aromatic heterocycles. The van der Waals surface area contributed by atoms with Crippen molar-refractivity contribution in [3.05, 3.63) is 114 Å². The van der Waals surface area contributed by atoms with Crippen LogP contribution in [-0.4, -0.2) is 33.6 Å². The Morgan fingerprint density at radius 3 is 2.39 bits per heavy atom. The van der Waals surface area contributed by atoms with E-state index in [1.54, 1.807) is 30.7 Å². The highest BCUT2D eigenvalue weighted by atomic mass is 16.5.